The van der Waals surface area contributed by atoms with Gasteiger partial charge in [-0.1, -0.05) is 18.2 Å². The molecule has 3 rings (SSSR count). The third-order valence-electron chi connectivity index (χ3n) is 4.01. The zero-order chi connectivity index (χ0) is 13.2. The molecule has 1 aromatic carbocycles. The Kier molecular flexibility index (Phi) is 5.35. The lowest BCUT2D eigenvalue weighted by Crippen LogP contribution is -2.36. The van der Waals surface area contributed by atoms with Crippen LogP contribution in [0.3, 0.4) is 0 Å². The molecule has 0 bridgehead atoms. The second-order valence-corrected chi connectivity index (χ2v) is 6.66. The van der Waals surface area contributed by atoms with Gasteiger partial charge in [0.15, 0.2) is 0 Å². The molecule has 2 unspecified atom stereocenters. The minimum Gasteiger partial charge on any atom is -0.341 e. The van der Waals surface area contributed by atoms with Gasteiger partial charge in [0.25, 0.3) is 0 Å². The molecule has 3 nitrogen and oxygen atoms in total. The quantitative estimate of drug-likeness (QED) is 0.928. The molecule has 2 heterocycles. The second-order valence-electron chi connectivity index (χ2n) is 5.41. The number of amides is 1. The first-order valence-electron chi connectivity index (χ1n) is 6.96. The highest BCUT2D eigenvalue weighted by Gasteiger charge is 2.34. The lowest BCUT2D eigenvalue weighted by Gasteiger charge is -2.20. The predicted molar refractivity (Wildman–Crippen MR) is 85.7 cm³/mol. The van der Waals surface area contributed by atoms with E-state index in [1.807, 2.05) is 7.05 Å². The summed E-state index contributed by atoms with van der Waals surface area (Å²) in [5.74, 6) is 0.961. The number of halogens is 1. The summed E-state index contributed by atoms with van der Waals surface area (Å²) < 4.78 is 0. The molecule has 0 aromatic heterocycles. The van der Waals surface area contributed by atoms with Crippen molar-refractivity contribution < 1.29 is 4.79 Å². The number of fused-ring (bicyclic) bond motifs is 1. The number of nitrogens with one attached hydrogen (secondary N) is 1. The van der Waals surface area contributed by atoms with Crippen molar-refractivity contribution in [2.45, 2.75) is 23.0 Å². The molecule has 1 saturated heterocycles. The summed E-state index contributed by atoms with van der Waals surface area (Å²) in [5.41, 5.74) is 1.33. The van der Waals surface area contributed by atoms with Gasteiger partial charge in [-0.25, -0.2) is 0 Å². The van der Waals surface area contributed by atoms with E-state index in [0.29, 0.717) is 11.8 Å². The zero-order valence-corrected chi connectivity index (χ0v) is 13.3. The van der Waals surface area contributed by atoms with Crippen LogP contribution in [0.4, 0.5) is 0 Å². The summed E-state index contributed by atoms with van der Waals surface area (Å²) in [4.78, 5) is 15.9. The van der Waals surface area contributed by atoms with Crippen LogP contribution in [0.2, 0.25) is 0 Å². The van der Waals surface area contributed by atoms with Gasteiger partial charge in [0, 0.05) is 18.0 Å². The molecular formula is C15H21ClN2OS. The average molecular weight is 313 g/mol. The molecule has 1 aromatic rings. The lowest BCUT2D eigenvalue weighted by atomic mass is 10.1. The fraction of sp³-hybridized carbons (Fsp3) is 0.533. The molecule has 0 saturated carbocycles. The number of likely N-dealkylation sites (tertiary alicyclic amines) is 1. The Hall–Kier alpha value is -0.710. The Morgan fingerprint density at radius 3 is 3.00 bits per heavy atom. The van der Waals surface area contributed by atoms with E-state index in [2.05, 4.69) is 34.5 Å². The van der Waals surface area contributed by atoms with Crippen LogP contribution in [-0.4, -0.2) is 42.7 Å². The SMILES string of the molecule is CNCC1CCN(C(=O)C2Cc3ccccc3S2)C1.Cl. The van der Waals surface area contributed by atoms with Gasteiger partial charge in [0.1, 0.15) is 0 Å². The number of benzene rings is 1. The molecule has 1 fully saturated rings. The smallest absolute Gasteiger partial charge is 0.236 e. The van der Waals surface area contributed by atoms with Crippen molar-refractivity contribution in [1.82, 2.24) is 10.2 Å². The Labute approximate surface area is 130 Å². The van der Waals surface area contributed by atoms with E-state index >= 15 is 0 Å². The molecule has 5 heteroatoms. The molecule has 0 spiro atoms. The molecule has 0 aliphatic carbocycles. The normalized spacial score (nSPS) is 24.4. The number of hydrogen-bond donors (Lipinski definition) is 1. The van der Waals surface area contributed by atoms with Gasteiger partial charge in [-0.3, -0.25) is 4.79 Å². The van der Waals surface area contributed by atoms with Crippen molar-refractivity contribution in [1.29, 1.82) is 0 Å². The Balaban J connectivity index is 0.00000147. The van der Waals surface area contributed by atoms with Crippen LogP contribution >= 0.6 is 24.2 Å². The van der Waals surface area contributed by atoms with Crippen LogP contribution < -0.4 is 5.32 Å². The highest BCUT2D eigenvalue weighted by atomic mass is 35.5. The van der Waals surface area contributed by atoms with E-state index in [9.17, 15) is 4.79 Å². The predicted octanol–water partition coefficient (Wildman–Crippen LogP) is 2.19. The highest BCUT2D eigenvalue weighted by molar-refractivity contribution is 8.01. The number of hydrogen-bond acceptors (Lipinski definition) is 3. The standard InChI is InChI=1S/C15H20N2OS.ClH/c1-16-9-11-6-7-17(10-11)15(18)14-8-12-4-2-3-5-13(12)19-14;/h2-5,11,14,16H,6-10H2,1H3;1H. The summed E-state index contributed by atoms with van der Waals surface area (Å²) in [7, 11) is 1.98. The number of carbonyl (C=O) groups excluding carboxylic acids is 1. The van der Waals surface area contributed by atoms with E-state index in [-0.39, 0.29) is 17.7 Å². The van der Waals surface area contributed by atoms with Crippen molar-refractivity contribution in [2.75, 3.05) is 26.7 Å². The first-order valence-corrected chi connectivity index (χ1v) is 7.84. The number of rotatable bonds is 3. The van der Waals surface area contributed by atoms with Gasteiger partial charge >= 0.3 is 0 Å². The fourth-order valence-corrected chi connectivity index (χ4v) is 4.29. The van der Waals surface area contributed by atoms with E-state index in [1.54, 1.807) is 11.8 Å². The van der Waals surface area contributed by atoms with Gasteiger partial charge in [-0.15, -0.1) is 24.2 Å². The van der Waals surface area contributed by atoms with Crippen molar-refractivity contribution in [3.05, 3.63) is 29.8 Å². The molecule has 2 aliphatic rings. The van der Waals surface area contributed by atoms with Gasteiger partial charge < -0.3 is 10.2 Å². The molecule has 110 valence electrons. The third-order valence-corrected chi connectivity index (χ3v) is 5.32. The van der Waals surface area contributed by atoms with Crippen molar-refractivity contribution >= 4 is 30.1 Å². The highest BCUT2D eigenvalue weighted by Crippen LogP contribution is 2.38. The minimum absolute atomic E-state index is 0. The number of nitrogens with zero attached hydrogens (tertiary/aromatic N) is 1. The maximum absolute atomic E-state index is 12.6. The summed E-state index contributed by atoms with van der Waals surface area (Å²) in [5, 5.41) is 3.31. The van der Waals surface area contributed by atoms with E-state index < -0.39 is 0 Å². The summed E-state index contributed by atoms with van der Waals surface area (Å²) in [6, 6.07) is 8.38. The van der Waals surface area contributed by atoms with Crippen LogP contribution in [0.1, 0.15) is 12.0 Å². The van der Waals surface area contributed by atoms with E-state index in [1.165, 1.54) is 10.5 Å². The van der Waals surface area contributed by atoms with Crippen LogP contribution in [0.25, 0.3) is 0 Å². The van der Waals surface area contributed by atoms with Crippen LogP contribution in [0.5, 0.6) is 0 Å². The largest absolute Gasteiger partial charge is 0.341 e. The van der Waals surface area contributed by atoms with Crippen LogP contribution in [-0.2, 0) is 11.2 Å². The number of carbonyl (C=O) groups is 1. The summed E-state index contributed by atoms with van der Waals surface area (Å²) in [6.07, 6.45) is 2.03. The molecule has 2 atom stereocenters. The van der Waals surface area contributed by atoms with Crippen molar-refractivity contribution in [2.24, 2.45) is 5.92 Å². The Morgan fingerprint density at radius 1 is 1.45 bits per heavy atom. The van der Waals surface area contributed by atoms with Gasteiger partial charge in [-0.05, 0) is 44.0 Å². The summed E-state index contributed by atoms with van der Waals surface area (Å²) in [6.45, 7) is 2.87. The maximum atomic E-state index is 12.6. The first kappa shape index (κ1) is 15.7. The maximum Gasteiger partial charge on any atom is 0.236 e. The molecule has 2 aliphatic heterocycles. The van der Waals surface area contributed by atoms with E-state index in [0.717, 1.165) is 32.5 Å². The third kappa shape index (κ3) is 3.13. The summed E-state index contributed by atoms with van der Waals surface area (Å²) >= 11 is 1.74. The topological polar surface area (TPSA) is 32.3 Å². The second kappa shape index (κ2) is 6.83. The molecule has 1 N–H and O–H groups in total. The van der Waals surface area contributed by atoms with Crippen molar-refractivity contribution in [3.63, 3.8) is 0 Å². The number of thioether (sulfide) groups is 1. The molecule has 20 heavy (non-hydrogen) atoms. The Bertz CT molecular complexity index is 458. The van der Waals surface area contributed by atoms with Crippen LogP contribution in [0.15, 0.2) is 29.2 Å². The van der Waals surface area contributed by atoms with Gasteiger partial charge in [0.2, 0.25) is 5.91 Å². The van der Waals surface area contributed by atoms with Gasteiger partial charge in [0.05, 0.1) is 5.25 Å². The zero-order valence-electron chi connectivity index (χ0n) is 11.7. The van der Waals surface area contributed by atoms with Gasteiger partial charge in [-0.2, -0.15) is 0 Å². The minimum atomic E-state index is 0. The van der Waals surface area contributed by atoms with Crippen molar-refractivity contribution in [3.8, 4) is 0 Å². The van der Waals surface area contributed by atoms with Crippen LogP contribution in [0, 0.1) is 5.92 Å². The monoisotopic (exact) mass is 312 g/mol. The Morgan fingerprint density at radius 2 is 2.25 bits per heavy atom. The molecule has 1 amide bonds. The molecular weight excluding hydrogens is 292 g/mol. The fourth-order valence-electron chi connectivity index (χ4n) is 3.01. The average Bonchev–Trinajstić information content (AvgIpc) is 3.04. The first-order chi connectivity index (χ1) is 9.28. The molecule has 0 radical (unpaired) electrons. The lowest BCUT2D eigenvalue weighted by molar-refractivity contribution is -0.129. The van der Waals surface area contributed by atoms with E-state index in [4.69, 9.17) is 0 Å².